The molecule has 0 radical (unpaired) electrons. The zero-order valence-electron chi connectivity index (χ0n) is 7.69. The Morgan fingerprint density at radius 3 is 2.50 bits per heavy atom. The van der Waals surface area contributed by atoms with Crippen LogP contribution in [0.3, 0.4) is 0 Å². The molecule has 7 heteroatoms. The molecule has 82 valence electrons. The van der Waals surface area contributed by atoms with Crippen LogP contribution in [-0.4, -0.2) is 11.3 Å². The Balaban J connectivity index is 2.42. The molecule has 2 rings (SSSR count). The molecule has 0 aliphatic carbocycles. The van der Waals surface area contributed by atoms with Crippen LogP contribution in [0.1, 0.15) is 5.56 Å². The maximum Gasteiger partial charge on any atom is 0.442 e. The van der Waals surface area contributed by atoms with E-state index in [4.69, 9.17) is 0 Å². The molecular weight excluding hydrogens is 239 g/mol. The van der Waals surface area contributed by atoms with Gasteiger partial charge in [-0.2, -0.15) is 18.2 Å². The van der Waals surface area contributed by atoms with Crippen LogP contribution in [0.5, 0.6) is 0 Å². The normalized spacial score (nSPS) is 16.7. The summed E-state index contributed by atoms with van der Waals surface area (Å²) in [5.74, 6) is 0. The van der Waals surface area contributed by atoms with Crippen LogP contribution in [-0.2, 0) is 5.66 Å². The minimum Gasteiger partial charge on any atom is -0.195 e. The molecule has 0 unspecified atom stereocenters. The average molecular weight is 243 g/mol. The van der Waals surface area contributed by atoms with E-state index in [1.807, 2.05) is 0 Å². The lowest BCUT2D eigenvalue weighted by Gasteiger charge is -2.14. The van der Waals surface area contributed by atoms with Crippen molar-refractivity contribution in [2.24, 2.45) is 15.2 Å². The van der Waals surface area contributed by atoms with Gasteiger partial charge in [0.05, 0.1) is 10.8 Å². The van der Waals surface area contributed by atoms with E-state index in [2.05, 4.69) is 32.6 Å². The molecule has 0 saturated heterocycles. The quantitative estimate of drug-likeness (QED) is 0.577. The topological polar surface area (TPSA) is 37.1 Å². The van der Waals surface area contributed by atoms with Crippen molar-refractivity contribution in [2.75, 3.05) is 0 Å². The highest BCUT2D eigenvalue weighted by molar-refractivity contribution is 7.78. The fourth-order valence-electron chi connectivity index (χ4n) is 1.29. The van der Waals surface area contributed by atoms with Crippen LogP contribution in [0.15, 0.2) is 39.5 Å². The number of aliphatic imine (C=N–C) groups is 1. The molecule has 0 atom stereocenters. The number of rotatable bonds is 2. The first-order valence-corrected chi connectivity index (χ1v) is 4.60. The number of halogens is 3. The number of alkyl halides is 3. The van der Waals surface area contributed by atoms with E-state index in [-0.39, 0.29) is 5.56 Å². The molecule has 0 amide bonds. The monoisotopic (exact) mass is 243 g/mol. The zero-order valence-corrected chi connectivity index (χ0v) is 8.51. The maximum atomic E-state index is 12.6. The predicted molar refractivity (Wildman–Crippen MR) is 53.7 cm³/mol. The highest BCUT2D eigenvalue weighted by atomic mass is 32.1. The lowest BCUT2D eigenvalue weighted by molar-refractivity contribution is -0.166. The van der Waals surface area contributed by atoms with Gasteiger partial charge in [0.1, 0.15) is 0 Å². The molecule has 1 aliphatic heterocycles. The van der Waals surface area contributed by atoms with Crippen LogP contribution >= 0.6 is 12.2 Å². The van der Waals surface area contributed by atoms with Crippen LogP contribution in [0.4, 0.5) is 18.9 Å². The number of benzene rings is 1. The predicted octanol–water partition coefficient (Wildman–Crippen LogP) is 3.60. The molecule has 0 spiro atoms. The van der Waals surface area contributed by atoms with Crippen molar-refractivity contribution in [3.05, 3.63) is 29.8 Å². The summed E-state index contributed by atoms with van der Waals surface area (Å²) >= 11 is 4.37. The minimum atomic E-state index is -4.52. The minimum absolute atomic E-state index is 0.0634. The molecule has 1 heterocycles. The van der Waals surface area contributed by atoms with Gasteiger partial charge in [-0.05, 0) is 24.4 Å². The van der Waals surface area contributed by atoms with E-state index in [9.17, 15) is 13.2 Å². The summed E-state index contributed by atoms with van der Waals surface area (Å²) in [5.41, 5.74) is -2.17. The largest absolute Gasteiger partial charge is 0.442 e. The van der Waals surface area contributed by atoms with Crippen molar-refractivity contribution in [3.63, 3.8) is 0 Å². The summed E-state index contributed by atoms with van der Waals surface area (Å²) in [6.45, 7) is 0. The second-order valence-electron chi connectivity index (χ2n) is 3.12. The Labute approximate surface area is 93.7 Å². The fourth-order valence-corrected chi connectivity index (χ4v) is 1.39. The Morgan fingerprint density at radius 1 is 1.31 bits per heavy atom. The highest BCUT2D eigenvalue weighted by Crippen LogP contribution is 2.52. The van der Waals surface area contributed by atoms with Crippen molar-refractivity contribution < 1.29 is 13.2 Å². The Bertz CT molecular complexity index is 497. The highest BCUT2D eigenvalue weighted by Gasteiger charge is 2.65. The van der Waals surface area contributed by atoms with Gasteiger partial charge in [-0.25, -0.2) is 0 Å². The van der Waals surface area contributed by atoms with Crippen molar-refractivity contribution in [1.82, 2.24) is 0 Å². The van der Waals surface area contributed by atoms with Crippen LogP contribution < -0.4 is 0 Å². The second-order valence-corrected chi connectivity index (χ2v) is 3.31. The number of isothiocyanates is 1. The third kappa shape index (κ3) is 1.64. The molecule has 1 aromatic rings. The van der Waals surface area contributed by atoms with E-state index < -0.39 is 11.8 Å². The molecule has 16 heavy (non-hydrogen) atoms. The smallest absolute Gasteiger partial charge is 0.195 e. The molecule has 1 aliphatic rings. The zero-order chi connectivity index (χ0) is 11.8. The summed E-state index contributed by atoms with van der Waals surface area (Å²) in [6, 6.07) is 5.51. The first kappa shape index (κ1) is 10.9. The lowest BCUT2D eigenvalue weighted by Crippen LogP contribution is -2.29. The standard InChI is InChI=1S/C9H4F3N3S/c10-9(11,12)8(14-15-8)6-2-1-3-7(4-6)13-5-16/h1-4H. The van der Waals surface area contributed by atoms with Gasteiger partial charge in [0, 0.05) is 5.56 Å². The molecule has 3 nitrogen and oxygen atoms in total. The van der Waals surface area contributed by atoms with Gasteiger partial charge in [0.25, 0.3) is 0 Å². The molecular formula is C9H4F3N3S. The lowest BCUT2D eigenvalue weighted by atomic mass is 10.0. The van der Waals surface area contributed by atoms with Crippen molar-refractivity contribution >= 4 is 23.1 Å². The number of nitrogens with zero attached hydrogens (tertiary/aromatic N) is 3. The number of hydrogen-bond donors (Lipinski definition) is 0. The van der Waals surface area contributed by atoms with Crippen LogP contribution in [0.2, 0.25) is 0 Å². The van der Waals surface area contributed by atoms with Crippen LogP contribution in [0.25, 0.3) is 0 Å². The maximum absolute atomic E-state index is 12.6. The molecule has 0 bridgehead atoms. The van der Waals surface area contributed by atoms with Gasteiger partial charge in [0.2, 0.25) is 0 Å². The first-order chi connectivity index (χ1) is 7.49. The third-order valence-corrected chi connectivity index (χ3v) is 2.21. The first-order valence-electron chi connectivity index (χ1n) is 4.19. The van der Waals surface area contributed by atoms with Crippen molar-refractivity contribution in [1.29, 1.82) is 0 Å². The number of hydrogen-bond acceptors (Lipinski definition) is 4. The van der Waals surface area contributed by atoms with Gasteiger partial charge in [-0.15, -0.1) is 10.2 Å². The third-order valence-electron chi connectivity index (χ3n) is 2.12. The summed E-state index contributed by atoms with van der Waals surface area (Å²) in [4.78, 5) is 3.60. The van der Waals surface area contributed by atoms with Crippen LogP contribution in [0, 0.1) is 0 Å². The Hall–Kier alpha value is -1.59. The summed E-state index contributed by atoms with van der Waals surface area (Å²) in [7, 11) is 0. The SMILES string of the molecule is FC(F)(F)C1(c2cccc(N=C=S)c2)N=N1. The summed E-state index contributed by atoms with van der Waals surface area (Å²) in [6.07, 6.45) is -4.52. The molecule has 0 aromatic heterocycles. The van der Waals surface area contributed by atoms with Gasteiger partial charge in [-0.1, -0.05) is 12.1 Å². The summed E-state index contributed by atoms with van der Waals surface area (Å²) < 4.78 is 37.9. The fraction of sp³-hybridized carbons (Fsp3) is 0.222. The van der Waals surface area contributed by atoms with Crippen molar-refractivity contribution in [2.45, 2.75) is 11.8 Å². The molecule has 0 fully saturated rings. The van der Waals surface area contributed by atoms with E-state index in [0.29, 0.717) is 5.69 Å². The van der Waals surface area contributed by atoms with Gasteiger partial charge >= 0.3 is 11.8 Å². The van der Waals surface area contributed by atoms with E-state index >= 15 is 0 Å². The molecule has 0 N–H and O–H groups in total. The van der Waals surface area contributed by atoms with E-state index in [1.165, 1.54) is 24.3 Å². The average Bonchev–Trinajstić information content (AvgIpc) is 2.98. The second kappa shape index (κ2) is 3.47. The van der Waals surface area contributed by atoms with Gasteiger partial charge < -0.3 is 0 Å². The molecule has 0 saturated carbocycles. The number of thiocarbonyl (C=S) groups is 1. The summed E-state index contributed by atoms with van der Waals surface area (Å²) in [5, 5.41) is 8.26. The van der Waals surface area contributed by atoms with Gasteiger partial charge in [-0.3, -0.25) is 0 Å². The van der Waals surface area contributed by atoms with E-state index in [0.717, 1.165) is 0 Å². The molecule has 1 aromatic carbocycles. The Morgan fingerprint density at radius 2 is 2.00 bits per heavy atom. The van der Waals surface area contributed by atoms with Crippen molar-refractivity contribution in [3.8, 4) is 0 Å². The van der Waals surface area contributed by atoms with E-state index in [1.54, 1.807) is 0 Å². The van der Waals surface area contributed by atoms with Gasteiger partial charge in [0.15, 0.2) is 0 Å². The Kier molecular flexibility index (Phi) is 2.36.